The third-order valence-electron chi connectivity index (χ3n) is 6.81. The topological polar surface area (TPSA) is 52.6 Å². The van der Waals surface area contributed by atoms with Crippen molar-refractivity contribution in [2.24, 2.45) is 0 Å². The van der Waals surface area contributed by atoms with Gasteiger partial charge in [0.25, 0.3) is 0 Å². The molecule has 0 N–H and O–H groups in total. The van der Waals surface area contributed by atoms with Gasteiger partial charge in [0.15, 0.2) is 11.6 Å². The molecular formula is C38H38O4. The maximum atomic E-state index is 12.2. The van der Waals surface area contributed by atoms with Crippen LogP contribution in [-0.2, 0) is 0 Å². The van der Waals surface area contributed by atoms with Gasteiger partial charge in [0.2, 0.25) is 0 Å². The number of hydrogen-bond acceptors (Lipinski definition) is 4. The zero-order valence-corrected chi connectivity index (χ0v) is 24.0. The lowest BCUT2D eigenvalue weighted by atomic mass is 10.1. The fourth-order valence-corrected chi connectivity index (χ4v) is 4.38. The van der Waals surface area contributed by atoms with Gasteiger partial charge in [-0.2, -0.15) is 0 Å². The van der Waals surface area contributed by atoms with Crippen LogP contribution in [0.2, 0.25) is 0 Å². The molecule has 0 unspecified atom stereocenters. The molecule has 0 bridgehead atoms. The van der Waals surface area contributed by atoms with E-state index in [4.69, 9.17) is 9.47 Å². The van der Waals surface area contributed by atoms with E-state index in [0.29, 0.717) is 24.3 Å². The maximum absolute atomic E-state index is 12.2. The van der Waals surface area contributed by atoms with Crippen molar-refractivity contribution < 1.29 is 19.1 Å². The second kappa shape index (κ2) is 17.2. The van der Waals surface area contributed by atoms with E-state index in [1.165, 1.54) is 12.8 Å². The molecule has 0 atom stereocenters. The van der Waals surface area contributed by atoms with Crippen LogP contribution in [-0.4, -0.2) is 24.8 Å². The summed E-state index contributed by atoms with van der Waals surface area (Å²) in [5.74, 6) is 1.70. The van der Waals surface area contributed by atoms with Gasteiger partial charge in [0.05, 0.1) is 13.2 Å². The summed E-state index contributed by atoms with van der Waals surface area (Å²) in [6.07, 6.45) is 13.6. The second-order valence-electron chi connectivity index (χ2n) is 10.1. The first kappa shape index (κ1) is 30.3. The average molecular weight is 559 g/mol. The predicted molar refractivity (Wildman–Crippen MR) is 171 cm³/mol. The van der Waals surface area contributed by atoms with Crippen LogP contribution in [0.15, 0.2) is 121 Å². The molecule has 0 heterocycles. The summed E-state index contributed by atoms with van der Waals surface area (Å²) in [4.78, 5) is 24.4. The van der Waals surface area contributed by atoms with Gasteiger partial charge in [0, 0.05) is 11.1 Å². The Morgan fingerprint density at radius 3 is 1.19 bits per heavy atom. The van der Waals surface area contributed by atoms with Crippen molar-refractivity contribution in [1.29, 1.82) is 0 Å². The third kappa shape index (κ3) is 10.7. The van der Waals surface area contributed by atoms with Crippen molar-refractivity contribution in [3.05, 3.63) is 144 Å². The molecule has 214 valence electrons. The molecule has 4 rings (SSSR count). The molecule has 4 aromatic rings. The molecule has 4 heteroatoms. The number of rotatable bonds is 17. The van der Waals surface area contributed by atoms with Crippen molar-refractivity contribution in [3.8, 4) is 11.5 Å². The van der Waals surface area contributed by atoms with E-state index in [9.17, 15) is 9.59 Å². The van der Waals surface area contributed by atoms with Gasteiger partial charge >= 0.3 is 0 Å². The zero-order chi connectivity index (χ0) is 29.2. The van der Waals surface area contributed by atoms with E-state index in [-0.39, 0.29) is 11.6 Å². The van der Waals surface area contributed by atoms with Crippen molar-refractivity contribution in [2.75, 3.05) is 13.2 Å². The van der Waals surface area contributed by atoms with E-state index in [0.717, 1.165) is 48.3 Å². The van der Waals surface area contributed by atoms with Crippen molar-refractivity contribution in [3.63, 3.8) is 0 Å². The molecule has 4 nitrogen and oxygen atoms in total. The van der Waals surface area contributed by atoms with Crippen LogP contribution >= 0.6 is 0 Å². The number of unbranched alkanes of at least 4 members (excludes halogenated alkanes) is 5. The van der Waals surface area contributed by atoms with Crippen molar-refractivity contribution in [1.82, 2.24) is 0 Å². The van der Waals surface area contributed by atoms with E-state index in [2.05, 4.69) is 0 Å². The monoisotopic (exact) mass is 558 g/mol. The minimum absolute atomic E-state index is 0.00249. The lowest BCUT2D eigenvalue weighted by Crippen LogP contribution is -1.98. The molecular weight excluding hydrogens is 520 g/mol. The first-order valence-electron chi connectivity index (χ1n) is 14.7. The van der Waals surface area contributed by atoms with Gasteiger partial charge in [-0.1, -0.05) is 123 Å². The molecule has 0 aliphatic carbocycles. The molecule has 0 amide bonds. The average Bonchev–Trinajstić information content (AvgIpc) is 3.05. The summed E-state index contributed by atoms with van der Waals surface area (Å²) in [6.45, 7) is 1.41. The summed E-state index contributed by atoms with van der Waals surface area (Å²) in [5, 5.41) is 0. The smallest absolute Gasteiger partial charge is 0.185 e. The summed E-state index contributed by atoms with van der Waals surface area (Å²) in [5.41, 5.74) is 3.31. The van der Waals surface area contributed by atoms with Gasteiger partial charge in [-0.25, -0.2) is 0 Å². The Labute approximate surface area is 249 Å². The number of hydrogen-bond donors (Lipinski definition) is 0. The Kier molecular flexibility index (Phi) is 12.4. The normalized spacial score (nSPS) is 11.1. The van der Waals surface area contributed by atoms with Gasteiger partial charge in [-0.3, -0.25) is 9.59 Å². The van der Waals surface area contributed by atoms with Gasteiger partial charge in [-0.05, 0) is 60.4 Å². The molecule has 0 saturated heterocycles. The maximum Gasteiger partial charge on any atom is 0.185 e. The molecule has 0 saturated carbocycles. The van der Waals surface area contributed by atoms with Crippen LogP contribution in [0.3, 0.4) is 0 Å². The highest BCUT2D eigenvalue weighted by Crippen LogP contribution is 2.16. The highest BCUT2D eigenvalue weighted by Gasteiger charge is 2.02. The molecule has 0 spiro atoms. The summed E-state index contributed by atoms with van der Waals surface area (Å²) in [6, 6.07) is 34.2. The number of ketones is 2. The second-order valence-corrected chi connectivity index (χ2v) is 10.1. The highest BCUT2D eigenvalue weighted by atomic mass is 16.5. The fraction of sp³-hybridized carbons (Fsp3) is 0.211. The van der Waals surface area contributed by atoms with Gasteiger partial charge in [-0.15, -0.1) is 0 Å². The summed E-state index contributed by atoms with van der Waals surface area (Å²) in [7, 11) is 0. The molecule has 0 aliphatic heterocycles. The van der Waals surface area contributed by atoms with Crippen molar-refractivity contribution >= 4 is 23.7 Å². The Morgan fingerprint density at radius 2 is 0.810 bits per heavy atom. The molecule has 0 aromatic heterocycles. The van der Waals surface area contributed by atoms with E-state index in [1.807, 2.05) is 121 Å². The lowest BCUT2D eigenvalue weighted by Gasteiger charge is -2.07. The summed E-state index contributed by atoms with van der Waals surface area (Å²) >= 11 is 0. The zero-order valence-electron chi connectivity index (χ0n) is 24.0. The minimum Gasteiger partial charge on any atom is -0.494 e. The van der Waals surface area contributed by atoms with Crippen LogP contribution < -0.4 is 9.47 Å². The number of benzene rings is 4. The van der Waals surface area contributed by atoms with E-state index in [1.54, 1.807) is 12.2 Å². The molecule has 0 aliphatic rings. The standard InChI is InChI=1S/C38H38O4/c39-37(33-13-7-5-8-14-33)27-21-31-17-23-35(24-18-31)41-29-11-3-1-2-4-12-30-42-36-25-19-32(20-26-36)22-28-38(40)34-15-9-6-10-16-34/h5-10,13-28H,1-4,11-12,29-30H2/b27-21+,28-22+. The largest absolute Gasteiger partial charge is 0.494 e. The van der Waals surface area contributed by atoms with E-state index < -0.39 is 0 Å². The summed E-state index contributed by atoms with van der Waals surface area (Å²) < 4.78 is 11.7. The SMILES string of the molecule is O=C(/C=C/c1ccc(OCCCCCCCCOc2ccc(/C=C/C(=O)c3ccccc3)cc2)cc1)c1ccccc1. The van der Waals surface area contributed by atoms with Gasteiger partial charge < -0.3 is 9.47 Å². The van der Waals surface area contributed by atoms with Crippen LogP contribution in [0.25, 0.3) is 12.2 Å². The quantitative estimate of drug-likeness (QED) is 0.0736. The minimum atomic E-state index is -0.00249. The highest BCUT2D eigenvalue weighted by molar-refractivity contribution is 6.07. The predicted octanol–water partition coefficient (Wildman–Crippen LogP) is 9.28. The van der Waals surface area contributed by atoms with E-state index >= 15 is 0 Å². The Bertz CT molecular complexity index is 1310. The lowest BCUT2D eigenvalue weighted by molar-refractivity contribution is 0.103. The molecule has 42 heavy (non-hydrogen) atoms. The number of carbonyl (C=O) groups is 2. The first-order valence-corrected chi connectivity index (χ1v) is 14.7. The Hall–Kier alpha value is -4.70. The number of allylic oxidation sites excluding steroid dienone is 2. The van der Waals surface area contributed by atoms with Crippen LogP contribution in [0.4, 0.5) is 0 Å². The van der Waals surface area contributed by atoms with Gasteiger partial charge in [0.1, 0.15) is 11.5 Å². The van der Waals surface area contributed by atoms with Crippen LogP contribution in [0.1, 0.15) is 70.4 Å². The number of ether oxygens (including phenoxy) is 2. The third-order valence-corrected chi connectivity index (χ3v) is 6.81. The van der Waals surface area contributed by atoms with Crippen LogP contribution in [0.5, 0.6) is 11.5 Å². The fourth-order valence-electron chi connectivity index (χ4n) is 4.38. The first-order chi connectivity index (χ1) is 20.7. The molecule has 4 aromatic carbocycles. The van der Waals surface area contributed by atoms with Crippen LogP contribution in [0, 0.1) is 0 Å². The molecule has 0 radical (unpaired) electrons. The Balaban J connectivity index is 1.01. The van der Waals surface area contributed by atoms with Crippen molar-refractivity contribution in [2.45, 2.75) is 38.5 Å². The Morgan fingerprint density at radius 1 is 0.452 bits per heavy atom. The number of carbonyl (C=O) groups excluding carboxylic acids is 2. The molecule has 0 fully saturated rings.